The quantitative estimate of drug-likeness (QED) is 0.781. The molecule has 2 unspecified atom stereocenters. The van der Waals surface area contributed by atoms with Crippen molar-refractivity contribution in [1.29, 1.82) is 0 Å². The van der Waals surface area contributed by atoms with E-state index in [1.165, 1.54) is 6.42 Å². The van der Waals surface area contributed by atoms with Crippen LogP contribution in [0.4, 0.5) is 0 Å². The molecule has 1 fully saturated rings. The number of ether oxygens (including phenoxy) is 1. The standard InChI is InChI=1S/C15H23ClN2O/c1-10-5-12(8-15(3,4)7-10)19-9-14-17-11(2)6-13(16)18-14/h6,10,12H,5,7-9H2,1-4H3. The second-order valence-electron chi connectivity index (χ2n) is 6.59. The van der Waals surface area contributed by atoms with E-state index in [0.717, 1.165) is 24.5 Å². The van der Waals surface area contributed by atoms with Crippen LogP contribution in [0.15, 0.2) is 6.07 Å². The Morgan fingerprint density at radius 3 is 2.74 bits per heavy atom. The summed E-state index contributed by atoms with van der Waals surface area (Å²) in [5.74, 6) is 1.40. The third-order valence-corrected chi connectivity index (χ3v) is 3.86. The minimum absolute atomic E-state index is 0.307. The van der Waals surface area contributed by atoms with Gasteiger partial charge in [-0.15, -0.1) is 0 Å². The van der Waals surface area contributed by atoms with Crippen LogP contribution in [-0.4, -0.2) is 16.1 Å². The van der Waals surface area contributed by atoms with Gasteiger partial charge in [-0.1, -0.05) is 32.4 Å². The van der Waals surface area contributed by atoms with Crippen molar-refractivity contribution in [2.24, 2.45) is 11.3 Å². The summed E-state index contributed by atoms with van der Waals surface area (Å²) in [5.41, 5.74) is 1.25. The predicted octanol–water partition coefficient (Wildman–Crippen LogP) is 4.17. The molecule has 1 aromatic rings. The van der Waals surface area contributed by atoms with Gasteiger partial charge < -0.3 is 4.74 Å². The molecule has 0 spiro atoms. The number of hydrogen-bond donors (Lipinski definition) is 0. The minimum atomic E-state index is 0.307. The Kier molecular flexibility index (Phi) is 4.46. The lowest BCUT2D eigenvalue weighted by atomic mass is 9.71. The number of rotatable bonds is 3. The first-order valence-electron chi connectivity index (χ1n) is 6.96. The first-order valence-corrected chi connectivity index (χ1v) is 7.33. The summed E-state index contributed by atoms with van der Waals surface area (Å²) in [6, 6.07) is 1.76. The van der Waals surface area contributed by atoms with Crippen LogP contribution in [0.3, 0.4) is 0 Å². The molecule has 1 heterocycles. The van der Waals surface area contributed by atoms with Gasteiger partial charge in [-0.2, -0.15) is 0 Å². The first kappa shape index (κ1) is 14.7. The normalized spacial score (nSPS) is 26.4. The van der Waals surface area contributed by atoms with Crippen molar-refractivity contribution in [3.63, 3.8) is 0 Å². The molecule has 1 aromatic heterocycles. The van der Waals surface area contributed by atoms with Crippen molar-refractivity contribution in [2.45, 2.75) is 59.7 Å². The first-order chi connectivity index (χ1) is 8.84. The highest BCUT2D eigenvalue weighted by molar-refractivity contribution is 6.29. The molecular weight excluding hydrogens is 260 g/mol. The highest BCUT2D eigenvalue weighted by Gasteiger charge is 2.32. The zero-order valence-corrected chi connectivity index (χ0v) is 13.0. The Labute approximate surface area is 120 Å². The van der Waals surface area contributed by atoms with E-state index in [2.05, 4.69) is 30.7 Å². The van der Waals surface area contributed by atoms with E-state index in [-0.39, 0.29) is 0 Å². The van der Waals surface area contributed by atoms with Crippen molar-refractivity contribution >= 4 is 11.6 Å². The van der Waals surface area contributed by atoms with E-state index >= 15 is 0 Å². The molecule has 19 heavy (non-hydrogen) atoms. The van der Waals surface area contributed by atoms with Gasteiger partial charge in [0.2, 0.25) is 0 Å². The van der Waals surface area contributed by atoms with Crippen LogP contribution in [0.1, 0.15) is 51.6 Å². The molecule has 0 radical (unpaired) electrons. The Morgan fingerprint density at radius 2 is 2.11 bits per heavy atom. The summed E-state index contributed by atoms with van der Waals surface area (Å²) < 4.78 is 6.00. The van der Waals surface area contributed by atoms with E-state index in [1.54, 1.807) is 6.07 Å². The van der Waals surface area contributed by atoms with E-state index in [4.69, 9.17) is 16.3 Å². The van der Waals surface area contributed by atoms with Crippen LogP contribution >= 0.6 is 11.6 Å². The van der Waals surface area contributed by atoms with E-state index in [0.29, 0.717) is 29.1 Å². The molecule has 2 rings (SSSR count). The summed E-state index contributed by atoms with van der Waals surface area (Å²) in [7, 11) is 0. The molecule has 0 aliphatic heterocycles. The van der Waals surface area contributed by atoms with Crippen molar-refractivity contribution in [3.8, 4) is 0 Å². The Hall–Kier alpha value is -0.670. The smallest absolute Gasteiger partial charge is 0.155 e. The fourth-order valence-corrected chi connectivity index (χ4v) is 3.49. The summed E-state index contributed by atoms with van der Waals surface area (Å²) in [5, 5.41) is 0.489. The van der Waals surface area contributed by atoms with Crippen molar-refractivity contribution in [3.05, 3.63) is 22.7 Å². The van der Waals surface area contributed by atoms with Crippen LogP contribution in [0.2, 0.25) is 5.15 Å². The van der Waals surface area contributed by atoms with Gasteiger partial charge in [-0.25, -0.2) is 9.97 Å². The predicted molar refractivity (Wildman–Crippen MR) is 77.2 cm³/mol. The molecule has 0 saturated heterocycles. The van der Waals surface area contributed by atoms with Gasteiger partial charge >= 0.3 is 0 Å². The van der Waals surface area contributed by atoms with Gasteiger partial charge in [-0.3, -0.25) is 0 Å². The lowest BCUT2D eigenvalue weighted by molar-refractivity contribution is -0.0339. The molecule has 0 aromatic carbocycles. The van der Waals surface area contributed by atoms with E-state index in [1.807, 2.05) is 6.92 Å². The van der Waals surface area contributed by atoms with Gasteiger partial charge in [0, 0.05) is 5.69 Å². The van der Waals surface area contributed by atoms with Crippen molar-refractivity contribution in [1.82, 2.24) is 9.97 Å². The molecule has 1 aliphatic rings. The molecule has 2 atom stereocenters. The SMILES string of the molecule is Cc1cc(Cl)nc(COC2CC(C)CC(C)(C)C2)n1. The number of halogens is 1. The molecule has 106 valence electrons. The Bertz CT molecular complexity index is 428. The lowest BCUT2D eigenvalue weighted by Gasteiger charge is -2.38. The second kappa shape index (κ2) is 5.76. The lowest BCUT2D eigenvalue weighted by Crippen LogP contribution is -2.32. The topological polar surface area (TPSA) is 35.0 Å². The second-order valence-corrected chi connectivity index (χ2v) is 6.98. The summed E-state index contributed by atoms with van der Waals surface area (Å²) >= 11 is 5.93. The molecule has 0 bridgehead atoms. The fourth-order valence-electron chi connectivity index (χ4n) is 3.23. The van der Waals surface area contributed by atoms with Crippen LogP contribution in [-0.2, 0) is 11.3 Å². The van der Waals surface area contributed by atoms with E-state index < -0.39 is 0 Å². The van der Waals surface area contributed by atoms with Gasteiger partial charge in [0.15, 0.2) is 5.82 Å². The van der Waals surface area contributed by atoms with Crippen molar-refractivity contribution < 1.29 is 4.74 Å². The van der Waals surface area contributed by atoms with E-state index in [9.17, 15) is 0 Å². The molecule has 0 N–H and O–H groups in total. The number of aryl methyl sites for hydroxylation is 1. The Morgan fingerprint density at radius 1 is 1.37 bits per heavy atom. The molecule has 1 aliphatic carbocycles. The van der Waals surface area contributed by atoms with Gasteiger partial charge in [0.25, 0.3) is 0 Å². The molecule has 1 saturated carbocycles. The van der Waals surface area contributed by atoms with Gasteiger partial charge in [0.05, 0.1) is 6.10 Å². The molecule has 4 heteroatoms. The number of nitrogens with zero attached hydrogens (tertiary/aromatic N) is 2. The zero-order chi connectivity index (χ0) is 14.0. The highest BCUT2D eigenvalue weighted by atomic mass is 35.5. The maximum atomic E-state index is 6.00. The largest absolute Gasteiger partial charge is 0.370 e. The third-order valence-electron chi connectivity index (χ3n) is 3.66. The summed E-state index contributed by atoms with van der Waals surface area (Å²) in [6.07, 6.45) is 3.82. The molecular formula is C15H23ClN2O. The highest BCUT2D eigenvalue weighted by Crippen LogP contribution is 2.39. The van der Waals surface area contributed by atoms with Crippen molar-refractivity contribution in [2.75, 3.05) is 0 Å². The maximum Gasteiger partial charge on any atom is 0.155 e. The van der Waals surface area contributed by atoms with Crippen LogP contribution in [0.25, 0.3) is 0 Å². The van der Waals surface area contributed by atoms with Crippen LogP contribution < -0.4 is 0 Å². The van der Waals surface area contributed by atoms with Gasteiger partial charge in [-0.05, 0) is 43.6 Å². The molecule has 3 nitrogen and oxygen atoms in total. The fraction of sp³-hybridized carbons (Fsp3) is 0.733. The third kappa shape index (κ3) is 4.43. The average molecular weight is 283 g/mol. The minimum Gasteiger partial charge on any atom is -0.370 e. The number of hydrogen-bond acceptors (Lipinski definition) is 3. The summed E-state index contributed by atoms with van der Waals surface area (Å²) in [4.78, 5) is 8.56. The van der Waals surface area contributed by atoms with Crippen LogP contribution in [0.5, 0.6) is 0 Å². The number of aromatic nitrogens is 2. The maximum absolute atomic E-state index is 6.00. The van der Waals surface area contributed by atoms with Crippen LogP contribution in [0, 0.1) is 18.3 Å². The van der Waals surface area contributed by atoms with Gasteiger partial charge in [0.1, 0.15) is 11.8 Å². The average Bonchev–Trinajstić information content (AvgIpc) is 2.22. The zero-order valence-electron chi connectivity index (χ0n) is 12.2. The Balaban J connectivity index is 1.94. The molecule has 0 amide bonds. The summed E-state index contributed by atoms with van der Waals surface area (Å²) in [6.45, 7) is 9.31. The monoisotopic (exact) mass is 282 g/mol.